The quantitative estimate of drug-likeness (QED) is 0.864. The first kappa shape index (κ1) is 18.3. The van der Waals surface area contributed by atoms with Crippen molar-refractivity contribution in [3.63, 3.8) is 0 Å². The van der Waals surface area contributed by atoms with Crippen LogP contribution in [0.25, 0.3) is 10.2 Å². The summed E-state index contributed by atoms with van der Waals surface area (Å²) in [5.74, 6) is -0.243. The molecule has 8 heteroatoms. The number of rotatable bonds is 5. The molecule has 0 atom stereocenters. The van der Waals surface area contributed by atoms with Gasteiger partial charge in [0.15, 0.2) is 0 Å². The monoisotopic (exact) mass is 381 g/mol. The Labute approximate surface area is 152 Å². The highest BCUT2D eigenvalue weighted by Gasteiger charge is 2.25. The van der Waals surface area contributed by atoms with Gasteiger partial charge in [-0.25, -0.2) is 13.4 Å². The molecule has 25 heavy (non-hydrogen) atoms. The number of carbonyl (C=O) groups excluding carboxylic acids is 1. The number of benzene rings is 1. The molecule has 0 radical (unpaired) electrons. The molecule has 0 aliphatic heterocycles. The molecular weight excluding hydrogens is 358 g/mol. The van der Waals surface area contributed by atoms with E-state index in [1.807, 2.05) is 6.92 Å². The molecule has 1 N–H and O–H groups in total. The van der Waals surface area contributed by atoms with Gasteiger partial charge in [0.05, 0.1) is 26.7 Å². The lowest BCUT2D eigenvalue weighted by molar-refractivity contribution is -0.122. The minimum absolute atomic E-state index is 0.168. The number of amides is 1. The van der Waals surface area contributed by atoms with E-state index in [0.29, 0.717) is 0 Å². The third-order valence-corrected chi connectivity index (χ3v) is 7.24. The second-order valence-electron chi connectivity index (χ2n) is 6.53. The van der Waals surface area contributed by atoms with Crippen LogP contribution in [0.3, 0.4) is 0 Å². The first-order valence-corrected chi connectivity index (χ1v) is 10.7. The van der Waals surface area contributed by atoms with Crippen LogP contribution in [-0.4, -0.2) is 43.2 Å². The predicted molar refractivity (Wildman–Crippen MR) is 99.2 cm³/mol. The fourth-order valence-corrected chi connectivity index (χ4v) is 5.26. The van der Waals surface area contributed by atoms with Gasteiger partial charge in [-0.2, -0.15) is 4.31 Å². The van der Waals surface area contributed by atoms with Crippen LogP contribution in [0.4, 0.5) is 0 Å². The molecule has 3 rings (SSSR count). The van der Waals surface area contributed by atoms with E-state index in [2.05, 4.69) is 10.3 Å². The van der Waals surface area contributed by atoms with Crippen LogP contribution in [0.15, 0.2) is 23.1 Å². The summed E-state index contributed by atoms with van der Waals surface area (Å²) in [5.41, 5.74) is 0.791. The zero-order valence-corrected chi connectivity index (χ0v) is 16.1. The number of hydrogen-bond donors (Lipinski definition) is 1. The van der Waals surface area contributed by atoms with Gasteiger partial charge in [-0.1, -0.05) is 19.3 Å². The third kappa shape index (κ3) is 4.19. The van der Waals surface area contributed by atoms with Crippen molar-refractivity contribution in [2.24, 2.45) is 0 Å². The average Bonchev–Trinajstić information content (AvgIpc) is 2.94. The summed E-state index contributed by atoms with van der Waals surface area (Å²) >= 11 is 1.46. The van der Waals surface area contributed by atoms with Crippen molar-refractivity contribution in [1.29, 1.82) is 0 Å². The lowest BCUT2D eigenvalue weighted by Gasteiger charge is -2.24. The maximum absolute atomic E-state index is 12.7. The highest BCUT2D eigenvalue weighted by atomic mass is 32.2. The lowest BCUT2D eigenvalue weighted by atomic mass is 9.95. The van der Waals surface area contributed by atoms with E-state index in [9.17, 15) is 13.2 Å². The Morgan fingerprint density at radius 1 is 1.32 bits per heavy atom. The summed E-state index contributed by atoms with van der Waals surface area (Å²) in [5, 5.41) is 3.85. The van der Waals surface area contributed by atoms with E-state index >= 15 is 0 Å². The Kier molecular flexibility index (Phi) is 5.41. The molecule has 1 amide bonds. The summed E-state index contributed by atoms with van der Waals surface area (Å²) in [6.07, 6.45) is 5.40. The highest BCUT2D eigenvalue weighted by Crippen LogP contribution is 2.26. The van der Waals surface area contributed by atoms with Crippen molar-refractivity contribution >= 4 is 37.5 Å². The number of likely N-dealkylation sites (N-methyl/N-ethyl adjacent to an activating group) is 1. The van der Waals surface area contributed by atoms with Crippen LogP contribution in [-0.2, 0) is 14.8 Å². The van der Waals surface area contributed by atoms with Crippen LogP contribution in [0.2, 0.25) is 0 Å². The first-order valence-electron chi connectivity index (χ1n) is 8.49. The lowest BCUT2D eigenvalue weighted by Crippen LogP contribution is -2.43. The second kappa shape index (κ2) is 7.39. The zero-order valence-electron chi connectivity index (χ0n) is 14.5. The van der Waals surface area contributed by atoms with E-state index in [0.717, 1.165) is 45.2 Å². The molecule has 1 aromatic heterocycles. The number of aromatic nitrogens is 1. The smallest absolute Gasteiger partial charge is 0.243 e. The van der Waals surface area contributed by atoms with Crippen molar-refractivity contribution < 1.29 is 13.2 Å². The Bertz CT molecular complexity index is 870. The Morgan fingerprint density at radius 3 is 2.76 bits per heavy atom. The van der Waals surface area contributed by atoms with Crippen LogP contribution in [0.5, 0.6) is 0 Å². The van der Waals surface area contributed by atoms with Gasteiger partial charge in [0.25, 0.3) is 0 Å². The predicted octanol–water partition coefficient (Wildman–Crippen LogP) is 2.67. The molecule has 0 bridgehead atoms. The number of sulfonamides is 1. The molecule has 136 valence electrons. The van der Waals surface area contributed by atoms with Gasteiger partial charge in [0.2, 0.25) is 15.9 Å². The molecule has 0 spiro atoms. The first-order chi connectivity index (χ1) is 11.9. The van der Waals surface area contributed by atoms with E-state index < -0.39 is 10.0 Å². The van der Waals surface area contributed by atoms with Crippen LogP contribution < -0.4 is 5.32 Å². The largest absolute Gasteiger partial charge is 0.352 e. The topological polar surface area (TPSA) is 79.4 Å². The summed E-state index contributed by atoms with van der Waals surface area (Å²) < 4.78 is 27.4. The van der Waals surface area contributed by atoms with E-state index in [1.54, 1.807) is 18.2 Å². The molecule has 2 aromatic rings. The van der Waals surface area contributed by atoms with Gasteiger partial charge in [-0.05, 0) is 38.0 Å². The van der Waals surface area contributed by atoms with Gasteiger partial charge in [-0.3, -0.25) is 4.79 Å². The minimum atomic E-state index is -3.71. The number of aryl methyl sites for hydroxylation is 1. The third-order valence-electron chi connectivity index (χ3n) is 4.51. The number of nitrogens with one attached hydrogen (secondary N) is 1. The van der Waals surface area contributed by atoms with Crippen LogP contribution in [0, 0.1) is 6.92 Å². The zero-order chi connectivity index (χ0) is 18.0. The van der Waals surface area contributed by atoms with Gasteiger partial charge in [-0.15, -0.1) is 11.3 Å². The Hall–Kier alpha value is -1.51. The van der Waals surface area contributed by atoms with Gasteiger partial charge in [0.1, 0.15) is 0 Å². The summed E-state index contributed by atoms with van der Waals surface area (Å²) in [6, 6.07) is 5.06. The van der Waals surface area contributed by atoms with Crippen molar-refractivity contribution in [3.8, 4) is 0 Å². The molecule has 1 heterocycles. The number of carbonyl (C=O) groups is 1. The average molecular weight is 382 g/mol. The van der Waals surface area contributed by atoms with E-state index in [1.165, 1.54) is 24.8 Å². The van der Waals surface area contributed by atoms with E-state index in [-0.39, 0.29) is 23.4 Å². The van der Waals surface area contributed by atoms with Crippen LogP contribution in [0.1, 0.15) is 37.1 Å². The van der Waals surface area contributed by atoms with Crippen molar-refractivity contribution in [3.05, 3.63) is 23.2 Å². The minimum Gasteiger partial charge on any atom is -0.352 e. The van der Waals surface area contributed by atoms with E-state index in [4.69, 9.17) is 0 Å². The summed E-state index contributed by atoms with van der Waals surface area (Å²) in [4.78, 5) is 16.7. The molecule has 1 saturated carbocycles. The summed E-state index contributed by atoms with van der Waals surface area (Å²) in [6.45, 7) is 1.72. The summed E-state index contributed by atoms with van der Waals surface area (Å²) in [7, 11) is -2.26. The van der Waals surface area contributed by atoms with Crippen molar-refractivity contribution in [2.45, 2.75) is 50.0 Å². The van der Waals surface area contributed by atoms with Gasteiger partial charge >= 0.3 is 0 Å². The fraction of sp³-hybridized carbons (Fsp3) is 0.529. The molecular formula is C17H23N3O3S2. The standard InChI is InChI=1S/C17H23N3O3S2/c1-12-18-15-9-8-14(10-16(15)24-12)25(22,23)20(2)11-17(21)19-13-6-4-3-5-7-13/h8-10,13H,3-7,11H2,1-2H3,(H,19,21). The number of nitrogens with zero attached hydrogens (tertiary/aromatic N) is 2. The molecule has 1 aliphatic carbocycles. The molecule has 1 aromatic carbocycles. The highest BCUT2D eigenvalue weighted by molar-refractivity contribution is 7.89. The number of fused-ring (bicyclic) bond motifs is 1. The maximum atomic E-state index is 12.7. The molecule has 0 saturated heterocycles. The second-order valence-corrected chi connectivity index (χ2v) is 9.81. The SMILES string of the molecule is Cc1nc2ccc(S(=O)(=O)N(C)CC(=O)NC3CCCCC3)cc2s1. The number of thiazole rings is 1. The normalized spacial score (nSPS) is 16.4. The van der Waals surface area contributed by atoms with Crippen LogP contribution >= 0.6 is 11.3 Å². The van der Waals surface area contributed by atoms with Crippen molar-refractivity contribution in [1.82, 2.24) is 14.6 Å². The molecule has 6 nitrogen and oxygen atoms in total. The molecule has 1 aliphatic rings. The van der Waals surface area contributed by atoms with Gasteiger partial charge < -0.3 is 5.32 Å². The maximum Gasteiger partial charge on any atom is 0.243 e. The molecule has 1 fully saturated rings. The molecule has 0 unspecified atom stereocenters. The van der Waals surface area contributed by atoms with Gasteiger partial charge in [0, 0.05) is 13.1 Å². The Morgan fingerprint density at radius 2 is 2.04 bits per heavy atom. The fourth-order valence-electron chi connectivity index (χ4n) is 3.17. The number of hydrogen-bond acceptors (Lipinski definition) is 5. The van der Waals surface area contributed by atoms with Crippen molar-refractivity contribution in [2.75, 3.05) is 13.6 Å². The Balaban J connectivity index is 1.70.